The van der Waals surface area contributed by atoms with Crippen molar-refractivity contribution in [2.75, 3.05) is 24.9 Å². The van der Waals surface area contributed by atoms with Gasteiger partial charge < -0.3 is 25.4 Å². The molecule has 3 amide bonds. The van der Waals surface area contributed by atoms with Gasteiger partial charge in [0.05, 0.1) is 25.2 Å². The quantitative estimate of drug-likeness (QED) is 0.115. The number of hydrogen-bond donors (Lipinski definition) is 3. The van der Waals surface area contributed by atoms with Crippen LogP contribution in [0.2, 0.25) is 0 Å². The minimum atomic E-state index is -0.574. The zero-order valence-corrected chi connectivity index (χ0v) is 26.4. The van der Waals surface area contributed by atoms with Crippen LogP contribution in [0.3, 0.4) is 0 Å². The highest BCUT2D eigenvalue weighted by atomic mass is 79.9. The molecule has 1 atom stereocenters. The van der Waals surface area contributed by atoms with Crippen molar-refractivity contribution >= 4 is 62.9 Å². The van der Waals surface area contributed by atoms with Gasteiger partial charge in [0, 0.05) is 20.6 Å². The van der Waals surface area contributed by atoms with E-state index < -0.39 is 22.9 Å². The lowest BCUT2D eigenvalue weighted by Gasteiger charge is -2.15. The number of thioether (sulfide) groups is 1. The van der Waals surface area contributed by atoms with Gasteiger partial charge in [-0.25, -0.2) is 4.39 Å². The smallest absolute Gasteiger partial charge is 0.272 e. The van der Waals surface area contributed by atoms with Crippen LogP contribution in [0.15, 0.2) is 106 Å². The summed E-state index contributed by atoms with van der Waals surface area (Å²) in [7, 11) is 3.03. The van der Waals surface area contributed by atoms with Gasteiger partial charge in [0.1, 0.15) is 11.5 Å². The summed E-state index contributed by atoms with van der Waals surface area (Å²) >= 11 is 4.44. The number of hydrogen-bond acceptors (Lipinski definition) is 6. The molecular formula is C33H29BrFN3O5S. The van der Waals surface area contributed by atoms with Gasteiger partial charge in [-0.1, -0.05) is 46.3 Å². The van der Waals surface area contributed by atoms with Crippen molar-refractivity contribution in [2.24, 2.45) is 0 Å². The Labute approximate surface area is 267 Å². The van der Waals surface area contributed by atoms with E-state index >= 15 is 0 Å². The molecule has 0 aliphatic carbocycles. The Hall–Kier alpha value is -4.61. The molecule has 4 rings (SSSR count). The van der Waals surface area contributed by atoms with Gasteiger partial charge in [-0.3, -0.25) is 14.4 Å². The lowest BCUT2D eigenvalue weighted by molar-refractivity contribution is -0.115. The van der Waals surface area contributed by atoms with E-state index in [1.54, 1.807) is 85.8 Å². The van der Waals surface area contributed by atoms with Crippen LogP contribution >= 0.6 is 27.7 Å². The predicted molar refractivity (Wildman–Crippen MR) is 175 cm³/mol. The van der Waals surface area contributed by atoms with Crippen molar-refractivity contribution in [3.8, 4) is 11.5 Å². The molecule has 0 bridgehead atoms. The summed E-state index contributed by atoms with van der Waals surface area (Å²) in [6.45, 7) is 1.70. The average molecular weight is 679 g/mol. The van der Waals surface area contributed by atoms with Crippen molar-refractivity contribution < 1.29 is 28.2 Å². The second-order valence-corrected chi connectivity index (χ2v) is 11.7. The molecule has 3 N–H and O–H groups in total. The summed E-state index contributed by atoms with van der Waals surface area (Å²) in [5.74, 6) is -0.980. The molecule has 1 unspecified atom stereocenters. The van der Waals surface area contributed by atoms with E-state index in [0.29, 0.717) is 37.7 Å². The molecule has 0 saturated heterocycles. The number of halogens is 2. The molecule has 8 nitrogen and oxygen atoms in total. The topological polar surface area (TPSA) is 106 Å². The number of nitrogens with one attached hydrogen (secondary N) is 3. The van der Waals surface area contributed by atoms with Gasteiger partial charge in [-0.05, 0) is 79.2 Å². The first kappa shape index (κ1) is 32.3. The first-order valence-corrected chi connectivity index (χ1v) is 15.0. The minimum absolute atomic E-state index is 0.00611. The fourth-order valence-corrected chi connectivity index (χ4v) is 5.24. The molecule has 0 aromatic heterocycles. The highest BCUT2D eigenvalue weighted by molar-refractivity contribution is 9.10. The SMILES string of the molecule is COc1ccc(/C=C(/NC(=O)c2ccccc2)C(=O)Nc2cccc(SC(C)C(=O)Nc3ccc(Br)cc3F)c2)cc1OC. The molecule has 4 aromatic carbocycles. The number of carbonyl (C=O) groups excluding carboxylic acids is 3. The maximum atomic E-state index is 14.2. The van der Waals surface area contributed by atoms with Crippen molar-refractivity contribution in [1.82, 2.24) is 5.32 Å². The number of anilines is 2. The Kier molecular flexibility index (Phi) is 11.2. The zero-order chi connectivity index (χ0) is 31.6. The molecule has 11 heteroatoms. The number of rotatable bonds is 11. The van der Waals surface area contributed by atoms with E-state index in [1.807, 2.05) is 0 Å². The monoisotopic (exact) mass is 677 g/mol. The van der Waals surface area contributed by atoms with Crippen LogP contribution in [0.1, 0.15) is 22.8 Å². The van der Waals surface area contributed by atoms with Crippen LogP contribution in [0.5, 0.6) is 11.5 Å². The largest absolute Gasteiger partial charge is 0.493 e. The maximum Gasteiger partial charge on any atom is 0.272 e. The lowest BCUT2D eigenvalue weighted by Crippen LogP contribution is -2.30. The fraction of sp³-hybridized carbons (Fsp3) is 0.121. The minimum Gasteiger partial charge on any atom is -0.493 e. The normalized spacial score (nSPS) is 11.7. The van der Waals surface area contributed by atoms with E-state index in [9.17, 15) is 18.8 Å². The molecule has 0 spiro atoms. The van der Waals surface area contributed by atoms with Gasteiger partial charge >= 0.3 is 0 Å². The van der Waals surface area contributed by atoms with Crippen molar-refractivity contribution in [3.05, 3.63) is 118 Å². The van der Waals surface area contributed by atoms with Crippen LogP contribution in [0.25, 0.3) is 6.08 Å². The van der Waals surface area contributed by atoms with E-state index in [4.69, 9.17) is 9.47 Å². The number of amides is 3. The molecule has 226 valence electrons. The van der Waals surface area contributed by atoms with Crippen molar-refractivity contribution in [1.29, 1.82) is 0 Å². The summed E-state index contributed by atoms with van der Waals surface area (Å²) in [6.07, 6.45) is 1.53. The Morgan fingerprint density at radius 1 is 0.864 bits per heavy atom. The average Bonchev–Trinajstić information content (AvgIpc) is 3.02. The third kappa shape index (κ3) is 8.71. The highest BCUT2D eigenvalue weighted by Crippen LogP contribution is 2.30. The van der Waals surface area contributed by atoms with Gasteiger partial charge in [0.2, 0.25) is 5.91 Å². The Balaban J connectivity index is 1.52. The number of carbonyl (C=O) groups is 3. The number of methoxy groups -OCH3 is 2. The van der Waals surface area contributed by atoms with E-state index in [0.717, 1.165) is 0 Å². The molecular weight excluding hydrogens is 649 g/mol. The zero-order valence-electron chi connectivity index (χ0n) is 24.0. The Morgan fingerprint density at radius 2 is 1.61 bits per heavy atom. The molecule has 0 radical (unpaired) electrons. The predicted octanol–water partition coefficient (Wildman–Crippen LogP) is 7.13. The summed E-state index contributed by atoms with van der Waals surface area (Å²) in [5.41, 5.74) is 1.49. The van der Waals surface area contributed by atoms with Gasteiger partial charge in [0.15, 0.2) is 11.5 Å². The van der Waals surface area contributed by atoms with Crippen LogP contribution in [-0.2, 0) is 9.59 Å². The molecule has 0 aliphatic heterocycles. The third-order valence-electron chi connectivity index (χ3n) is 6.21. The first-order chi connectivity index (χ1) is 21.2. The van der Waals surface area contributed by atoms with Crippen molar-refractivity contribution in [2.45, 2.75) is 17.1 Å². The second-order valence-electron chi connectivity index (χ2n) is 9.35. The summed E-state index contributed by atoms with van der Waals surface area (Å²) in [5, 5.41) is 7.55. The van der Waals surface area contributed by atoms with Crippen molar-refractivity contribution in [3.63, 3.8) is 0 Å². The summed E-state index contributed by atoms with van der Waals surface area (Å²) in [6, 6.07) is 25.0. The van der Waals surface area contributed by atoms with Crippen LogP contribution in [0, 0.1) is 5.82 Å². The molecule has 44 heavy (non-hydrogen) atoms. The fourth-order valence-electron chi connectivity index (χ4n) is 3.98. The molecule has 0 aliphatic rings. The highest BCUT2D eigenvalue weighted by Gasteiger charge is 2.19. The maximum absolute atomic E-state index is 14.2. The van der Waals surface area contributed by atoms with Gasteiger partial charge in [0.25, 0.3) is 11.8 Å². The van der Waals surface area contributed by atoms with E-state index in [-0.39, 0.29) is 17.3 Å². The molecule has 0 fully saturated rings. The number of ether oxygens (including phenoxy) is 2. The lowest BCUT2D eigenvalue weighted by atomic mass is 10.1. The van der Waals surface area contributed by atoms with Crippen LogP contribution in [-0.4, -0.2) is 37.2 Å². The number of benzene rings is 4. The summed E-state index contributed by atoms with van der Waals surface area (Å²) in [4.78, 5) is 39.9. The van der Waals surface area contributed by atoms with Gasteiger partial charge in [-0.15, -0.1) is 11.8 Å². The Bertz CT molecular complexity index is 1700. The molecule has 0 saturated carbocycles. The second kappa shape index (κ2) is 15.2. The Morgan fingerprint density at radius 3 is 2.32 bits per heavy atom. The standard InChI is InChI=1S/C33H29BrFN3O5S/c1-20(31(39)37-27-14-13-23(34)18-26(27)35)44-25-11-7-10-24(19-25)36-33(41)28(38-32(40)22-8-5-4-6-9-22)16-21-12-15-29(42-2)30(17-21)43-3/h4-20H,1-3H3,(H,36,41)(H,37,39)(H,38,40)/b28-16+. The van der Waals surface area contributed by atoms with Gasteiger partial charge in [-0.2, -0.15) is 0 Å². The summed E-state index contributed by atoms with van der Waals surface area (Å²) < 4.78 is 25.4. The third-order valence-corrected chi connectivity index (χ3v) is 7.80. The molecule has 0 heterocycles. The van der Waals surface area contributed by atoms with E-state index in [2.05, 4.69) is 31.9 Å². The van der Waals surface area contributed by atoms with E-state index in [1.165, 1.54) is 44.2 Å². The first-order valence-electron chi connectivity index (χ1n) is 13.3. The molecule has 4 aromatic rings. The van der Waals surface area contributed by atoms with Crippen LogP contribution < -0.4 is 25.4 Å². The van der Waals surface area contributed by atoms with Crippen LogP contribution in [0.4, 0.5) is 15.8 Å².